The van der Waals surface area contributed by atoms with Crippen molar-refractivity contribution in [1.82, 2.24) is 14.8 Å². The Balaban J connectivity index is 1.30. The molecular formula is C27H27N3O3. The molecule has 33 heavy (non-hydrogen) atoms. The minimum absolute atomic E-state index is 0.0139. The number of carbonyl (C=O) groups is 2. The molecule has 3 aliphatic rings. The van der Waals surface area contributed by atoms with E-state index in [9.17, 15) is 9.59 Å². The van der Waals surface area contributed by atoms with E-state index < -0.39 is 0 Å². The fraction of sp³-hybridized carbons (Fsp3) is 0.333. The van der Waals surface area contributed by atoms with Crippen molar-refractivity contribution in [2.75, 3.05) is 33.8 Å². The minimum atomic E-state index is -0.209. The van der Waals surface area contributed by atoms with E-state index in [1.54, 1.807) is 6.08 Å². The lowest BCUT2D eigenvalue weighted by atomic mass is 9.80. The third kappa shape index (κ3) is 2.83. The van der Waals surface area contributed by atoms with Gasteiger partial charge in [-0.05, 0) is 55.8 Å². The number of rotatable bonds is 5. The molecule has 2 aromatic carbocycles. The molecule has 2 heterocycles. The summed E-state index contributed by atoms with van der Waals surface area (Å²) in [4.78, 5) is 33.6. The van der Waals surface area contributed by atoms with Crippen molar-refractivity contribution in [1.29, 1.82) is 0 Å². The number of hydrogen-bond donors (Lipinski definition) is 1. The van der Waals surface area contributed by atoms with Crippen LogP contribution in [0.1, 0.15) is 33.3 Å². The minimum Gasteiger partial charge on any atom is -0.492 e. The molecule has 2 unspecified atom stereocenters. The lowest BCUT2D eigenvalue weighted by molar-refractivity contribution is 0.0802. The van der Waals surface area contributed by atoms with Crippen LogP contribution in [-0.2, 0) is 5.41 Å². The number of likely N-dealkylation sites (N-methyl/N-ethyl adjacent to an activating group) is 1. The summed E-state index contributed by atoms with van der Waals surface area (Å²) in [6.07, 6.45) is 1.70. The van der Waals surface area contributed by atoms with E-state index in [0.29, 0.717) is 30.7 Å². The lowest BCUT2D eigenvalue weighted by Gasteiger charge is -2.30. The Kier molecular flexibility index (Phi) is 4.33. The van der Waals surface area contributed by atoms with Gasteiger partial charge in [-0.2, -0.15) is 0 Å². The van der Waals surface area contributed by atoms with Crippen molar-refractivity contribution < 1.29 is 14.3 Å². The van der Waals surface area contributed by atoms with Crippen molar-refractivity contribution >= 4 is 22.6 Å². The smallest absolute Gasteiger partial charge is 0.274 e. The maximum Gasteiger partial charge on any atom is 0.274 e. The van der Waals surface area contributed by atoms with Gasteiger partial charge in [-0.3, -0.25) is 9.59 Å². The molecule has 1 amide bonds. The molecule has 6 heteroatoms. The second-order valence-electron chi connectivity index (χ2n) is 9.70. The van der Waals surface area contributed by atoms with Gasteiger partial charge in [0.1, 0.15) is 18.1 Å². The summed E-state index contributed by atoms with van der Waals surface area (Å²) in [5.74, 6) is 1.46. The number of piperidine rings is 1. The second-order valence-corrected chi connectivity index (χ2v) is 9.70. The zero-order chi connectivity index (χ0) is 22.9. The summed E-state index contributed by atoms with van der Waals surface area (Å²) in [5.41, 5.74) is 3.94. The molecule has 1 N–H and O–H groups in total. The van der Waals surface area contributed by atoms with Crippen molar-refractivity contribution in [3.63, 3.8) is 0 Å². The number of ether oxygens (including phenoxy) is 1. The van der Waals surface area contributed by atoms with E-state index in [4.69, 9.17) is 4.74 Å². The van der Waals surface area contributed by atoms with E-state index >= 15 is 0 Å². The number of likely N-dealkylation sites (tertiary alicyclic amines) is 1. The highest BCUT2D eigenvalue weighted by molar-refractivity contribution is 6.10. The van der Waals surface area contributed by atoms with Crippen LogP contribution in [0.5, 0.6) is 5.75 Å². The number of hydrogen-bond acceptors (Lipinski definition) is 4. The number of H-pyrrole nitrogens is 1. The monoisotopic (exact) mass is 441 g/mol. The van der Waals surface area contributed by atoms with Crippen LogP contribution in [0.15, 0.2) is 60.3 Å². The molecule has 6 nitrogen and oxygen atoms in total. The first kappa shape index (κ1) is 20.2. The van der Waals surface area contributed by atoms with Gasteiger partial charge in [0.2, 0.25) is 0 Å². The predicted octanol–water partition coefficient (Wildman–Crippen LogP) is 3.85. The lowest BCUT2D eigenvalue weighted by Crippen LogP contribution is -2.35. The first-order valence-corrected chi connectivity index (χ1v) is 11.5. The van der Waals surface area contributed by atoms with Crippen LogP contribution in [0, 0.1) is 11.8 Å². The van der Waals surface area contributed by atoms with E-state index in [-0.39, 0.29) is 17.1 Å². The SMILES string of the molecule is CC1C2CN(C(=O)c3cc4cc(OCCN(C)C)ccc4[nH]3)C3=CC(=O)c4ccccc4[C@@]312. The topological polar surface area (TPSA) is 65.6 Å². The largest absolute Gasteiger partial charge is 0.492 e. The van der Waals surface area contributed by atoms with Gasteiger partial charge in [0, 0.05) is 46.7 Å². The highest BCUT2D eigenvalue weighted by Gasteiger charge is 2.72. The molecular weight excluding hydrogens is 414 g/mol. The Hall–Kier alpha value is -3.38. The quantitative estimate of drug-likeness (QED) is 0.653. The Labute approximate surface area is 192 Å². The summed E-state index contributed by atoms with van der Waals surface area (Å²) in [6.45, 7) is 4.31. The Morgan fingerprint density at radius 2 is 2.03 bits per heavy atom. The molecule has 1 spiro atoms. The molecule has 0 bridgehead atoms. The number of amides is 1. The van der Waals surface area contributed by atoms with Crippen LogP contribution >= 0.6 is 0 Å². The van der Waals surface area contributed by atoms with Crippen molar-refractivity contribution in [3.8, 4) is 5.75 Å². The number of fused-ring (bicyclic) bond motifs is 2. The van der Waals surface area contributed by atoms with Gasteiger partial charge < -0.3 is 19.5 Å². The molecule has 1 aromatic heterocycles. The second kappa shape index (κ2) is 7.06. The summed E-state index contributed by atoms with van der Waals surface area (Å²) < 4.78 is 5.84. The third-order valence-electron chi connectivity index (χ3n) is 7.67. The molecule has 2 fully saturated rings. The normalized spacial score (nSPS) is 25.0. The van der Waals surface area contributed by atoms with Crippen LogP contribution in [-0.4, -0.2) is 60.3 Å². The number of allylic oxidation sites excluding steroid dienone is 2. The van der Waals surface area contributed by atoms with Gasteiger partial charge in [0.25, 0.3) is 5.91 Å². The molecule has 168 valence electrons. The van der Waals surface area contributed by atoms with Crippen molar-refractivity contribution in [3.05, 3.63) is 77.1 Å². The molecule has 1 aliphatic heterocycles. The van der Waals surface area contributed by atoms with Crippen LogP contribution in [0.3, 0.4) is 0 Å². The van der Waals surface area contributed by atoms with Crippen molar-refractivity contribution in [2.45, 2.75) is 12.3 Å². The summed E-state index contributed by atoms with van der Waals surface area (Å²) in [6, 6.07) is 15.6. The number of nitrogens with zero attached hydrogens (tertiary/aromatic N) is 2. The first-order valence-electron chi connectivity index (χ1n) is 11.5. The number of aromatic nitrogens is 1. The van der Waals surface area contributed by atoms with Gasteiger partial charge in [0.05, 0.1) is 0 Å². The zero-order valence-electron chi connectivity index (χ0n) is 19.1. The average molecular weight is 442 g/mol. The van der Waals surface area contributed by atoms with Gasteiger partial charge in [0.15, 0.2) is 5.78 Å². The Morgan fingerprint density at radius 1 is 1.21 bits per heavy atom. The Morgan fingerprint density at radius 3 is 2.85 bits per heavy atom. The van der Waals surface area contributed by atoms with Gasteiger partial charge in [-0.15, -0.1) is 0 Å². The van der Waals surface area contributed by atoms with E-state index in [2.05, 4.69) is 22.9 Å². The zero-order valence-corrected chi connectivity index (χ0v) is 19.1. The van der Waals surface area contributed by atoms with Crippen LogP contribution in [0.4, 0.5) is 0 Å². The third-order valence-corrected chi connectivity index (χ3v) is 7.67. The maximum absolute atomic E-state index is 13.6. The van der Waals surface area contributed by atoms with E-state index in [0.717, 1.165) is 40.0 Å². The summed E-state index contributed by atoms with van der Waals surface area (Å²) >= 11 is 0. The molecule has 1 saturated heterocycles. The van der Waals surface area contributed by atoms with Gasteiger partial charge in [-0.1, -0.05) is 31.2 Å². The van der Waals surface area contributed by atoms with Gasteiger partial charge >= 0.3 is 0 Å². The Bertz CT molecular complexity index is 1340. The highest BCUT2D eigenvalue weighted by Crippen LogP contribution is 2.70. The number of aromatic amines is 1. The number of nitrogens with one attached hydrogen (secondary N) is 1. The molecule has 1 saturated carbocycles. The maximum atomic E-state index is 13.6. The highest BCUT2D eigenvalue weighted by atomic mass is 16.5. The van der Waals surface area contributed by atoms with Crippen LogP contribution in [0.25, 0.3) is 10.9 Å². The fourth-order valence-corrected chi connectivity index (χ4v) is 5.93. The van der Waals surface area contributed by atoms with E-state index in [1.807, 2.05) is 61.5 Å². The number of ketones is 1. The summed E-state index contributed by atoms with van der Waals surface area (Å²) in [7, 11) is 4.02. The molecule has 2 aliphatic carbocycles. The number of benzene rings is 2. The molecule has 3 atom stereocenters. The molecule has 3 aromatic rings. The van der Waals surface area contributed by atoms with Gasteiger partial charge in [-0.25, -0.2) is 0 Å². The molecule has 0 radical (unpaired) electrons. The first-order chi connectivity index (χ1) is 15.9. The fourth-order valence-electron chi connectivity index (χ4n) is 5.93. The standard InChI is InChI=1S/C27H27N3O3/c1-16-21-15-30(25-14-24(31)19-6-4-5-7-20(19)27(16,21)25)26(32)23-13-17-12-18(8-9-22(17)28-23)33-11-10-29(2)3/h4-9,12-14,16,21,28H,10-11,15H2,1-3H3/t16?,21?,27-/m0/s1. The van der Waals surface area contributed by atoms with E-state index in [1.165, 1.54) is 0 Å². The predicted molar refractivity (Wildman–Crippen MR) is 127 cm³/mol. The number of carbonyl (C=O) groups excluding carboxylic acids is 2. The average Bonchev–Trinajstić information content (AvgIpc) is 3.11. The molecule has 6 rings (SSSR count). The van der Waals surface area contributed by atoms with Crippen molar-refractivity contribution in [2.24, 2.45) is 11.8 Å². The van der Waals surface area contributed by atoms with Crippen LogP contribution in [0.2, 0.25) is 0 Å². The van der Waals surface area contributed by atoms with Crippen LogP contribution < -0.4 is 4.74 Å². The summed E-state index contributed by atoms with van der Waals surface area (Å²) in [5, 5.41) is 0.937.